The molecular weight excluding hydrogens is 471 g/mol. The van der Waals surface area contributed by atoms with Crippen LogP contribution in [0.1, 0.15) is 24.7 Å². The Labute approximate surface area is 198 Å². The van der Waals surface area contributed by atoms with E-state index in [0.717, 1.165) is 16.9 Å². The van der Waals surface area contributed by atoms with Crippen molar-refractivity contribution in [3.8, 4) is 0 Å². The van der Waals surface area contributed by atoms with Crippen molar-refractivity contribution in [2.45, 2.75) is 37.6 Å². The molecule has 0 saturated heterocycles. The van der Waals surface area contributed by atoms with Gasteiger partial charge in [0.05, 0.1) is 15.9 Å². The standard InChI is InChI=1S/C22H26Cl2N4O3S/c1-4-28-20-8-7-17(32(30,31)27(2)3)14-19(20)26-21(28)9-10-22(29)25-12-11-15-5-6-16(23)13-18(15)24/h5-8,13-14H,4,9-12H2,1-3H3,(H,25,29). The fraction of sp³-hybridized carbons (Fsp3) is 0.364. The van der Waals surface area contributed by atoms with Gasteiger partial charge in [-0.1, -0.05) is 29.3 Å². The Morgan fingerprint density at radius 3 is 2.53 bits per heavy atom. The molecule has 0 aliphatic rings. The minimum atomic E-state index is -3.54. The first-order valence-electron chi connectivity index (χ1n) is 10.3. The molecule has 0 radical (unpaired) electrons. The van der Waals surface area contributed by atoms with E-state index in [1.165, 1.54) is 18.4 Å². The molecule has 7 nitrogen and oxygen atoms in total. The number of fused-ring (bicyclic) bond motifs is 1. The number of carbonyl (C=O) groups excluding carboxylic acids is 1. The number of nitrogens with one attached hydrogen (secondary N) is 1. The Morgan fingerprint density at radius 2 is 1.88 bits per heavy atom. The summed E-state index contributed by atoms with van der Waals surface area (Å²) in [4.78, 5) is 17.1. The number of nitrogens with zero attached hydrogens (tertiary/aromatic N) is 3. The molecule has 0 unspecified atom stereocenters. The van der Waals surface area contributed by atoms with E-state index in [2.05, 4.69) is 10.3 Å². The van der Waals surface area contributed by atoms with Crippen LogP contribution >= 0.6 is 23.2 Å². The summed E-state index contributed by atoms with van der Waals surface area (Å²) in [6.45, 7) is 3.13. The summed E-state index contributed by atoms with van der Waals surface area (Å²) in [5.74, 6) is 0.665. The number of carbonyl (C=O) groups is 1. The number of hydrogen-bond donors (Lipinski definition) is 1. The molecule has 1 aromatic heterocycles. The Bertz CT molecular complexity index is 1240. The summed E-state index contributed by atoms with van der Waals surface area (Å²) in [5, 5.41) is 4.06. The summed E-state index contributed by atoms with van der Waals surface area (Å²) in [6.07, 6.45) is 1.34. The second-order valence-corrected chi connectivity index (χ2v) is 10.5. The SMILES string of the molecule is CCn1c(CCC(=O)NCCc2ccc(Cl)cc2Cl)nc2cc(S(=O)(=O)N(C)C)ccc21. The summed E-state index contributed by atoms with van der Waals surface area (Å²) < 4.78 is 28.0. The van der Waals surface area contributed by atoms with E-state index in [1.54, 1.807) is 30.3 Å². The monoisotopic (exact) mass is 496 g/mol. The first-order valence-corrected chi connectivity index (χ1v) is 12.5. The molecule has 0 fully saturated rings. The smallest absolute Gasteiger partial charge is 0.242 e. The Morgan fingerprint density at radius 1 is 1.12 bits per heavy atom. The minimum absolute atomic E-state index is 0.0827. The number of benzene rings is 2. The molecule has 172 valence electrons. The third kappa shape index (κ3) is 5.43. The Hall–Kier alpha value is -2.13. The van der Waals surface area contributed by atoms with Crippen molar-refractivity contribution in [3.05, 3.63) is 57.8 Å². The number of imidazole rings is 1. The van der Waals surface area contributed by atoms with Crippen LogP contribution in [0.15, 0.2) is 41.3 Å². The van der Waals surface area contributed by atoms with Crippen molar-refractivity contribution in [2.75, 3.05) is 20.6 Å². The van der Waals surface area contributed by atoms with Gasteiger partial charge in [0.25, 0.3) is 0 Å². The van der Waals surface area contributed by atoms with Gasteiger partial charge in [-0.15, -0.1) is 0 Å². The number of hydrogen-bond acceptors (Lipinski definition) is 4. The minimum Gasteiger partial charge on any atom is -0.356 e. The molecule has 1 N–H and O–H groups in total. The predicted octanol–water partition coefficient (Wildman–Crippen LogP) is 3.90. The molecule has 32 heavy (non-hydrogen) atoms. The number of rotatable bonds is 9. The number of aromatic nitrogens is 2. The molecule has 0 atom stereocenters. The van der Waals surface area contributed by atoms with E-state index < -0.39 is 10.0 Å². The topological polar surface area (TPSA) is 84.3 Å². The molecule has 0 spiro atoms. The van der Waals surface area contributed by atoms with E-state index >= 15 is 0 Å². The van der Waals surface area contributed by atoms with Crippen molar-refractivity contribution in [3.63, 3.8) is 0 Å². The molecule has 3 rings (SSSR count). The zero-order valence-electron chi connectivity index (χ0n) is 18.2. The van der Waals surface area contributed by atoms with Crippen molar-refractivity contribution in [2.24, 2.45) is 0 Å². The molecule has 0 bridgehead atoms. The van der Waals surface area contributed by atoms with Gasteiger partial charge in [0.15, 0.2) is 0 Å². The number of halogens is 2. The van der Waals surface area contributed by atoms with Crippen LogP contribution in [0, 0.1) is 0 Å². The Balaban J connectivity index is 1.65. The van der Waals surface area contributed by atoms with Crippen molar-refractivity contribution >= 4 is 50.2 Å². The third-order valence-corrected chi connectivity index (χ3v) is 7.60. The van der Waals surface area contributed by atoms with Crippen molar-refractivity contribution in [1.29, 1.82) is 0 Å². The highest BCUT2D eigenvalue weighted by Gasteiger charge is 2.19. The average molecular weight is 497 g/mol. The van der Waals surface area contributed by atoms with E-state index in [-0.39, 0.29) is 17.2 Å². The lowest BCUT2D eigenvalue weighted by Gasteiger charge is -2.11. The molecule has 1 heterocycles. The van der Waals surface area contributed by atoms with Gasteiger partial charge in [0.2, 0.25) is 15.9 Å². The zero-order valence-corrected chi connectivity index (χ0v) is 20.6. The summed E-state index contributed by atoms with van der Waals surface area (Å²) in [5.41, 5.74) is 2.37. The van der Waals surface area contributed by atoms with Gasteiger partial charge in [-0.05, 0) is 49.2 Å². The van der Waals surface area contributed by atoms with E-state index in [0.29, 0.717) is 41.5 Å². The van der Waals surface area contributed by atoms with Gasteiger partial charge >= 0.3 is 0 Å². The first-order chi connectivity index (χ1) is 15.1. The van der Waals surface area contributed by atoms with Crippen LogP contribution in [-0.2, 0) is 34.2 Å². The van der Waals surface area contributed by atoms with Gasteiger partial charge in [0.1, 0.15) is 5.82 Å². The van der Waals surface area contributed by atoms with Crippen LogP contribution in [0.3, 0.4) is 0 Å². The lowest BCUT2D eigenvalue weighted by molar-refractivity contribution is -0.121. The number of aryl methyl sites for hydroxylation is 2. The third-order valence-electron chi connectivity index (χ3n) is 5.20. The maximum Gasteiger partial charge on any atom is 0.242 e. The maximum absolute atomic E-state index is 12.4. The quantitative estimate of drug-likeness (QED) is 0.486. The number of sulfonamides is 1. The summed E-state index contributed by atoms with van der Waals surface area (Å²) in [6, 6.07) is 10.2. The fourth-order valence-electron chi connectivity index (χ4n) is 3.45. The van der Waals surface area contributed by atoms with Crippen molar-refractivity contribution < 1.29 is 13.2 Å². The second-order valence-electron chi connectivity index (χ2n) is 7.55. The van der Waals surface area contributed by atoms with Gasteiger partial charge < -0.3 is 9.88 Å². The molecule has 2 aromatic carbocycles. The van der Waals surface area contributed by atoms with Crippen molar-refractivity contribution in [1.82, 2.24) is 19.2 Å². The van der Waals surface area contributed by atoms with E-state index in [9.17, 15) is 13.2 Å². The van der Waals surface area contributed by atoms with Crippen LogP contribution in [-0.4, -0.2) is 48.8 Å². The van der Waals surface area contributed by atoms with Crippen LogP contribution in [0.2, 0.25) is 10.0 Å². The van der Waals surface area contributed by atoms with Gasteiger partial charge in [0, 0.05) is 50.1 Å². The maximum atomic E-state index is 12.4. The summed E-state index contributed by atoms with van der Waals surface area (Å²) in [7, 11) is -0.550. The van der Waals surface area contributed by atoms with Gasteiger partial charge in [-0.3, -0.25) is 4.79 Å². The highest BCUT2D eigenvalue weighted by atomic mass is 35.5. The average Bonchev–Trinajstić information content (AvgIpc) is 3.10. The normalized spacial score (nSPS) is 11.9. The highest BCUT2D eigenvalue weighted by molar-refractivity contribution is 7.89. The highest BCUT2D eigenvalue weighted by Crippen LogP contribution is 2.23. The molecule has 0 saturated carbocycles. The van der Waals surface area contributed by atoms with Crippen LogP contribution in [0.5, 0.6) is 0 Å². The van der Waals surface area contributed by atoms with Gasteiger partial charge in [-0.2, -0.15) is 0 Å². The second kappa shape index (κ2) is 10.2. The van der Waals surface area contributed by atoms with Gasteiger partial charge in [-0.25, -0.2) is 17.7 Å². The molecule has 10 heteroatoms. The van der Waals surface area contributed by atoms with Crippen LogP contribution < -0.4 is 5.32 Å². The zero-order chi connectivity index (χ0) is 23.5. The fourth-order valence-corrected chi connectivity index (χ4v) is 4.87. The molecule has 3 aromatic rings. The lowest BCUT2D eigenvalue weighted by Crippen LogP contribution is -2.26. The van der Waals surface area contributed by atoms with Crippen LogP contribution in [0.4, 0.5) is 0 Å². The predicted molar refractivity (Wildman–Crippen MR) is 128 cm³/mol. The van der Waals surface area contributed by atoms with E-state index in [4.69, 9.17) is 23.2 Å². The molecule has 0 aliphatic heterocycles. The largest absolute Gasteiger partial charge is 0.356 e. The van der Waals surface area contributed by atoms with Crippen LogP contribution in [0.25, 0.3) is 11.0 Å². The first kappa shape index (κ1) is 24.5. The lowest BCUT2D eigenvalue weighted by atomic mass is 10.1. The Kier molecular flexibility index (Phi) is 7.82. The molecule has 0 aliphatic carbocycles. The number of amides is 1. The molecule has 1 amide bonds. The summed E-state index contributed by atoms with van der Waals surface area (Å²) >= 11 is 12.1. The van der Waals surface area contributed by atoms with E-state index in [1.807, 2.05) is 17.6 Å². The molecular formula is C22H26Cl2N4O3S.